The lowest BCUT2D eigenvalue weighted by atomic mass is 10.1. The molecule has 0 atom stereocenters. The van der Waals surface area contributed by atoms with Crippen molar-refractivity contribution in [2.75, 3.05) is 0 Å². The second-order valence-electron chi connectivity index (χ2n) is 8.72. The number of benzene rings is 2. The van der Waals surface area contributed by atoms with Crippen LogP contribution in [0.25, 0.3) is 11.8 Å². The zero-order valence-electron chi connectivity index (χ0n) is 20.4. The molecule has 4 amide bonds. The number of nitrogens with one attached hydrogen (secondary N) is 1. The zero-order valence-corrected chi connectivity index (χ0v) is 20.4. The molecule has 1 fully saturated rings. The lowest BCUT2D eigenvalue weighted by Crippen LogP contribution is -2.53. The van der Waals surface area contributed by atoms with Crippen molar-refractivity contribution in [3.8, 4) is 11.4 Å². The molecule has 1 N–H and O–H groups in total. The molecule has 2 aromatic heterocycles. The molecule has 0 aliphatic carbocycles. The van der Waals surface area contributed by atoms with E-state index < -0.39 is 17.8 Å². The Hall–Kier alpha value is -4.85. The number of carbonyl (C=O) groups excluding carboxylic acids is 3. The van der Waals surface area contributed by atoms with Gasteiger partial charge < -0.3 is 13.7 Å². The first-order valence-electron chi connectivity index (χ1n) is 11.8. The largest absolute Gasteiger partial charge is 0.489 e. The molecule has 3 heterocycles. The van der Waals surface area contributed by atoms with Gasteiger partial charge in [0.2, 0.25) is 0 Å². The topological polar surface area (TPSA) is 93.8 Å². The van der Waals surface area contributed by atoms with Gasteiger partial charge in [-0.3, -0.25) is 19.8 Å². The van der Waals surface area contributed by atoms with E-state index in [-0.39, 0.29) is 12.1 Å². The van der Waals surface area contributed by atoms with E-state index >= 15 is 0 Å². The number of carbonyl (C=O) groups is 3. The third-order valence-electron chi connectivity index (χ3n) is 6.19. The Morgan fingerprint density at radius 1 is 0.946 bits per heavy atom. The van der Waals surface area contributed by atoms with Gasteiger partial charge >= 0.3 is 6.03 Å². The van der Waals surface area contributed by atoms with E-state index in [1.54, 1.807) is 12.1 Å². The summed E-state index contributed by atoms with van der Waals surface area (Å²) in [5.41, 5.74) is 4.36. The molecule has 0 radical (unpaired) electrons. The van der Waals surface area contributed by atoms with E-state index in [2.05, 4.69) is 5.32 Å². The fourth-order valence-corrected chi connectivity index (χ4v) is 4.31. The average Bonchev–Trinajstić information content (AvgIpc) is 3.51. The van der Waals surface area contributed by atoms with E-state index in [9.17, 15) is 14.4 Å². The summed E-state index contributed by atoms with van der Waals surface area (Å²) in [6, 6.07) is 22.1. The van der Waals surface area contributed by atoms with Gasteiger partial charge in [0.05, 0.1) is 12.8 Å². The Bertz CT molecular complexity index is 1480. The van der Waals surface area contributed by atoms with Crippen LogP contribution in [0.5, 0.6) is 5.75 Å². The quantitative estimate of drug-likeness (QED) is 0.290. The minimum Gasteiger partial charge on any atom is -0.489 e. The summed E-state index contributed by atoms with van der Waals surface area (Å²) in [5.74, 6) is -0.208. The standard InChI is InChI=1S/C29H25N3O5/c1-19-15-22(16-26-27(33)30-29(35)31(28(26)34)17-25-9-6-14-36-25)20(2)32(19)23-10-12-24(13-11-23)37-18-21-7-4-3-5-8-21/h3-16H,17-18H2,1-2H3,(H,30,33,35). The Labute approximate surface area is 213 Å². The summed E-state index contributed by atoms with van der Waals surface area (Å²) in [4.78, 5) is 38.9. The highest BCUT2D eigenvalue weighted by Gasteiger charge is 2.36. The first-order valence-corrected chi connectivity index (χ1v) is 11.8. The lowest BCUT2D eigenvalue weighted by Gasteiger charge is -2.25. The Morgan fingerprint density at radius 2 is 1.70 bits per heavy atom. The molecule has 0 spiro atoms. The third-order valence-corrected chi connectivity index (χ3v) is 6.19. The van der Waals surface area contributed by atoms with Gasteiger partial charge in [0.15, 0.2) is 0 Å². The van der Waals surface area contributed by atoms with Crippen molar-refractivity contribution >= 4 is 23.9 Å². The average molecular weight is 496 g/mol. The van der Waals surface area contributed by atoms with Gasteiger partial charge in [0.1, 0.15) is 23.7 Å². The number of barbiturate groups is 1. The molecule has 2 aromatic carbocycles. The summed E-state index contributed by atoms with van der Waals surface area (Å²) in [6.07, 6.45) is 2.98. The van der Waals surface area contributed by atoms with Crippen LogP contribution in [0.1, 0.15) is 28.3 Å². The maximum Gasteiger partial charge on any atom is 0.331 e. The second kappa shape index (κ2) is 10.0. The van der Waals surface area contributed by atoms with Crippen LogP contribution in [-0.2, 0) is 22.7 Å². The van der Waals surface area contributed by atoms with Crippen molar-refractivity contribution in [2.45, 2.75) is 27.0 Å². The highest BCUT2D eigenvalue weighted by atomic mass is 16.5. The van der Waals surface area contributed by atoms with Crippen LogP contribution in [0, 0.1) is 13.8 Å². The molecular weight excluding hydrogens is 470 g/mol. The van der Waals surface area contributed by atoms with Crippen LogP contribution >= 0.6 is 0 Å². The van der Waals surface area contributed by atoms with Crippen LogP contribution in [0.4, 0.5) is 4.79 Å². The normalized spacial score (nSPS) is 14.8. The van der Waals surface area contributed by atoms with Crippen molar-refractivity contribution in [3.63, 3.8) is 0 Å². The monoisotopic (exact) mass is 495 g/mol. The predicted molar refractivity (Wildman–Crippen MR) is 137 cm³/mol. The number of furan rings is 1. The smallest absolute Gasteiger partial charge is 0.331 e. The van der Waals surface area contributed by atoms with Crippen molar-refractivity contribution < 1.29 is 23.5 Å². The molecule has 186 valence electrons. The predicted octanol–water partition coefficient (Wildman–Crippen LogP) is 4.93. The second-order valence-corrected chi connectivity index (χ2v) is 8.72. The van der Waals surface area contributed by atoms with Crippen molar-refractivity contribution in [1.82, 2.24) is 14.8 Å². The third kappa shape index (κ3) is 4.95. The summed E-state index contributed by atoms with van der Waals surface area (Å²) in [5, 5.41) is 2.24. The molecule has 8 heteroatoms. The molecule has 1 aliphatic heterocycles. The molecular formula is C29H25N3O5. The minimum atomic E-state index is -0.774. The number of ether oxygens (including phenoxy) is 1. The van der Waals surface area contributed by atoms with Gasteiger partial charge in [-0.25, -0.2) is 4.79 Å². The molecule has 8 nitrogen and oxygen atoms in total. The van der Waals surface area contributed by atoms with E-state index in [1.165, 1.54) is 12.3 Å². The highest BCUT2D eigenvalue weighted by molar-refractivity contribution is 6.31. The van der Waals surface area contributed by atoms with Gasteiger partial charge in [-0.1, -0.05) is 30.3 Å². The van der Waals surface area contributed by atoms with E-state index in [0.29, 0.717) is 17.9 Å². The summed E-state index contributed by atoms with van der Waals surface area (Å²) < 4.78 is 13.2. The van der Waals surface area contributed by atoms with Crippen LogP contribution in [0.2, 0.25) is 0 Å². The number of urea groups is 1. The van der Waals surface area contributed by atoms with Gasteiger partial charge in [-0.15, -0.1) is 0 Å². The van der Waals surface area contributed by atoms with Crippen LogP contribution in [0.15, 0.2) is 89.0 Å². The van der Waals surface area contributed by atoms with E-state index in [0.717, 1.165) is 33.3 Å². The summed E-state index contributed by atoms with van der Waals surface area (Å²) in [6.45, 7) is 4.27. The van der Waals surface area contributed by atoms with E-state index in [1.807, 2.05) is 79.1 Å². The molecule has 0 unspecified atom stereocenters. The van der Waals surface area contributed by atoms with Crippen molar-refractivity contribution in [3.05, 3.63) is 113 Å². The molecule has 1 aliphatic rings. The summed E-state index contributed by atoms with van der Waals surface area (Å²) in [7, 11) is 0. The molecule has 1 saturated heterocycles. The summed E-state index contributed by atoms with van der Waals surface area (Å²) >= 11 is 0. The number of imide groups is 2. The molecule has 0 bridgehead atoms. The molecule has 0 saturated carbocycles. The van der Waals surface area contributed by atoms with Crippen LogP contribution < -0.4 is 10.1 Å². The van der Waals surface area contributed by atoms with Crippen LogP contribution in [-0.4, -0.2) is 27.3 Å². The zero-order chi connectivity index (χ0) is 25.9. The number of hydrogen-bond donors (Lipinski definition) is 1. The number of nitrogens with zero attached hydrogens (tertiary/aromatic N) is 2. The Morgan fingerprint density at radius 3 is 2.41 bits per heavy atom. The maximum atomic E-state index is 13.1. The van der Waals surface area contributed by atoms with Gasteiger partial charge in [0, 0.05) is 17.1 Å². The van der Waals surface area contributed by atoms with Crippen molar-refractivity contribution in [1.29, 1.82) is 0 Å². The number of rotatable bonds is 7. The molecule has 5 rings (SSSR count). The van der Waals surface area contributed by atoms with Crippen molar-refractivity contribution in [2.24, 2.45) is 0 Å². The Balaban J connectivity index is 1.37. The number of amides is 4. The van der Waals surface area contributed by atoms with Crippen LogP contribution in [0.3, 0.4) is 0 Å². The minimum absolute atomic E-state index is 0.0694. The fraction of sp³-hybridized carbons (Fsp3) is 0.138. The lowest BCUT2D eigenvalue weighted by molar-refractivity contribution is -0.130. The maximum absolute atomic E-state index is 13.1. The van der Waals surface area contributed by atoms with Gasteiger partial charge in [-0.2, -0.15) is 0 Å². The van der Waals surface area contributed by atoms with E-state index in [4.69, 9.17) is 9.15 Å². The first kappa shape index (κ1) is 23.9. The molecule has 4 aromatic rings. The highest BCUT2D eigenvalue weighted by Crippen LogP contribution is 2.26. The number of aromatic nitrogens is 1. The first-order chi connectivity index (χ1) is 17.9. The van der Waals surface area contributed by atoms with Gasteiger partial charge in [-0.05, 0) is 73.5 Å². The van der Waals surface area contributed by atoms with Gasteiger partial charge in [0.25, 0.3) is 11.8 Å². The number of aryl methyl sites for hydroxylation is 1. The fourth-order valence-electron chi connectivity index (χ4n) is 4.31. The number of hydrogen-bond acceptors (Lipinski definition) is 5. The Kier molecular flexibility index (Phi) is 6.47. The SMILES string of the molecule is Cc1cc(C=C2C(=O)NC(=O)N(Cc3ccco3)C2=O)c(C)n1-c1ccc(OCc2ccccc2)cc1. The molecule has 37 heavy (non-hydrogen) atoms.